The highest BCUT2D eigenvalue weighted by Gasteiger charge is 2.52. The Morgan fingerprint density at radius 3 is 1.88 bits per heavy atom. The average molecular weight is 617 g/mol. The standard InChI is InChI=1S/C26H44N4O11Si/c1-14(2)42(15(3)4,16(5)6)37-11-10-22(35)36-13-20-24(38-17(7)31)25(39-18(8)32)23(26(41-20)40-19(9)33)29-21(34)12-28-30-27/h14-16,20,23-26H,10-13H2,1-9H3,(H,29,34)/t20-,23+,24-,25-,26?/m1/s1. The first-order chi connectivity index (χ1) is 19.6. The molecule has 0 aromatic heterocycles. The van der Waals surface area contributed by atoms with Crippen LogP contribution in [0.2, 0.25) is 16.6 Å². The Morgan fingerprint density at radius 2 is 1.40 bits per heavy atom. The van der Waals surface area contributed by atoms with Crippen molar-refractivity contribution in [3.05, 3.63) is 10.4 Å². The molecule has 0 radical (unpaired) electrons. The molecule has 0 aromatic carbocycles. The number of hydrogen-bond acceptors (Lipinski definition) is 12. The van der Waals surface area contributed by atoms with Gasteiger partial charge in [0, 0.05) is 32.3 Å². The molecular formula is C26H44N4O11Si. The lowest BCUT2D eigenvalue weighted by molar-refractivity contribution is -0.271. The fourth-order valence-electron chi connectivity index (χ4n) is 5.51. The molecule has 238 valence electrons. The van der Waals surface area contributed by atoms with Crippen LogP contribution in [0.25, 0.3) is 10.4 Å². The number of carbonyl (C=O) groups is 5. The summed E-state index contributed by atoms with van der Waals surface area (Å²) in [4.78, 5) is 63.4. The first kappa shape index (κ1) is 36.8. The van der Waals surface area contributed by atoms with E-state index in [9.17, 15) is 24.0 Å². The Labute approximate surface area is 247 Å². The second kappa shape index (κ2) is 17.0. The average Bonchev–Trinajstić information content (AvgIpc) is 2.86. The highest BCUT2D eigenvalue weighted by atomic mass is 28.4. The molecule has 1 fully saturated rings. The summed E-state index contributed by atoms with van der Waals surface area (Å²) in [7, 11) is -2.21. The van der Waals surface area contributed by atoms with Gasteiger partial charge in [-0.05, 0) is 22.2 Å². The van der Waals surface area contributed by atoms with Crippen LogP contribution in [-0.4, -0.2) is 88.5 Å². The number of nitrogens with zero attached hydrogens (tertiary/aromatic N) is 3. The van der Waals surface area contributed by atoms with Gasteiger partial charge in [0.05, 0.1) is 6.42 Å². The molecule has 16 heteroatoms. The van der Waals surface area contributed by atoms with Crippen molar-refractivity contribution in [2.24, 2.45) is 5.11 Å². The van der Waals surface area contributed by atoms with Gasteiger partial charge in [-0.15, -0.1) is 0 Å². The van der Waals surface area contributed by atoms with Gasteiger partial charge in [-0.2, -0.15) is 0 Å². The van der Waals surface area contributed by atoms with Gasteiger partial charge in [0.25, 0.3) is 0 Å². The zero-order chi connectivity index (χ0) is 32.2. The molecule has 0 spiro atoms. The SMILES string of the molecule is CC(=O)OC1O[C@H](COC(=O)CCO[Si](C(C)C)(C(C)C)C(C)C)[C@@H](OC(C)=O)[C@H](OC(C)=O)[C@@H]1NC(=O)CN=[N+]=[N-]. The van der Waals surface area contributed by atoms with Crippen LogP contribution < -0.4 is 5.32 Å². The highest BCUT2D eigenvalue weighted by Crippen LogP contribution is 2.42. The van der Waals surface area contributed by atoms with Crippen molar-refractivity contribution in [3.8, 4) is 0 Å². The third kappa shape index (κ3) is 10.6. The highest BCUT2D eigenvalue weighted by molar-refractivity contribution is 6.77. The van der Waals surface area contributed by atoms with Crippen molar-refractivity contribution in [2.75, 3.05) is 19.8 Å². The molecule has 1 unspecified atom stereocenters. The maximum Gasteiger partial charge on any atom is 0.308 e. The molecule has 1 heterocycles. The summed E-state index contributed by atoms with van der Waals surface area (Å²) in [5, 5.41) is 5.60. The minimum Gasteiger partial charge on any atom is -0.463 e. The van der Waals surface area contributed by atoms with Gasteiger partial charge in [-0.25, -0.2) is 0 Å². The number of azide groups is 1. The van der Waals surface area contributed by atoms with Gasteiger partial charge < -0.3 is 33.4 Å². The summed E-state index contributed by atoms with van der Waals surface area (Å²) < 4.78 is 33.6. The first-order valence-corrected chi connectivity index (χ1v) is 16.0. The van der Waals surface area contributed by atoms with Crippen molar-refractivity contribution < 1.29 is 52.1 Å². The molecule has 42 heavy (non-hydrogen) atoms. The third-order valence-electron chi connectivity index (χ3n) is 6.91. The van der Waals surface area contributed by atoms with E-state index in [1.54, 1.807) is 0 Å². The van der Waals surface area contributed by atoms with E-state index >= 15 is 0 Å². The number of carbonyl (C=O) groups excluding carboxylic acids is 5. The van der Waals surface area contributed by atoms with Crippen LogP contribution in [0.4, 0.5) is 0 Å². The molecule has 1 rings (SSSR count). The van der Waals surface area contributed by atoms with Crippen LogP contribution in [0.1, 0.15) is 68.7 Å². The molecule has 0 aromatic rings. The van der Waals surface area contributed by atoms with E-state index in [0.29, 0.717) is 16.6 Å². The molecule has 0 bridgehead atoms. The Morgan fingerprint density at radius 1 is 0.881 bits per heavy atom. The summed E-state index contributed by atoms with van der Waals surface area (Å²) in [6.45, 7) is 15.1. The van der Waals surface area contributed by atoms with Crippen LogP contribution in [-0.2, 0) is 52.1 Å². The lowest BCUT2D eigenvalue weighted by Crippen LogP contribution is -2.67. The van der Waals surface area contributed by atoms with E-state index in [1.807, 2.05) is 0 Å². The summed E-state index contributed by atoms with van der Waals surface area (Å²) >= 11 is 0. The zero-order valence-electron chi connectivity index (χ0n) is 25.8. The summed E-state index contributed by atoms with van der Waals surface area (Å²) in [5.74, 6) is -3.82. The quantitative estimate of drug-likeness (QED) is 0.0707. The zero-order valence-corrected chi connectivity index (χ0v) is 26.8. The molecule has 5 atom stereocenters. The number of ether oxygens (including phenoxy) is 5. The van der Waals surface area contributed by atoms with Gasteiger partial charge in [0.2, 0.25) is 12.2 Å². The number of esters is 4. The fourth-order valence-corrected chi connectivity index (χ4v) is 11.0. The van der Waals surface area contributed by atoms with Crippen LogP contribution in [0.15, 0.2) is 5.11 Å². The Hall–Kier alpha value is -3.20. The third-order valence-corrected chi connectivity index (χ3v) is 13.0. The van der Waals surface area contributed by atoms with E-state index < -0.39 is 81.9 Å². The molecule has 1 aliphatic rings. The maximum absolute atomic E-state index is 12.7. The Balaban J connectivity index is 3.17. The van der Waals surface area contributed by atoms with E-state index in [4.69, 9.17) is 33.6 Å². The monoisotopic (exact) mass is 616 g/mol. The largest absolute Gasteiger partial charge is 0.463 e. The van der Waals surface area contributed by atoms with Crippen LogP contribution >= 0.6 is 0 Å². The smallest absolute Gasteiger partial charge is 0.308 e. The molecule has 0 aliphatic carbocycles. The summed E-state index contributed by atoms with van der Waals surface area (Å²) in [6.07, 6.45) is -5.66. The molecule has 1 aliphatic heterocycles. The lowest BCUT2D eigenvalue weighted by Gasteiger charge is -2.44. The van der Waals surface area contributed by atoms with Crippen LogP contribution in [0, 0.1) is 0 Å². The first-order valence-electron chi connectivity index (χ1n) is 13.8. The topological polar surface area (TPSA) is 202 Å². The molecule has 0 saturated carbocycles. The Bertz CT molecular complexity index is 994. The van der Waals surface area contributed by atoms with Gasteiger partial charge >= 0.3 is 23.9 Å². The van der Waals surface area contributed by atoms with Crippen molar-refractivity contribution >= 4 is 38.1 Å². The van der Waals surface area contributed by atoms with Gasteiger partial charge in [0.1, 0.15) is 25.3 Å². The second-order valence-electron chi connectivity index (χ2n) is 10.9. The normalized spacial score (nSPS) is 22.2. The summed E-state index contributed by atoms with van der Waals surface area (Å²) in [5.41, 5.74) is 9.49. The van der Waals surface area contributed by atoms with Crippen LogP contribution in [0.5, 0.6) is 0 Å². The molecule has 1 amide bonds. The number of amides is 1. The van der Waals surface area contributed by atoms with Gasteiger partial charge in [-0.1, -0.05) is 46.7 Å². The predicted octanol–water partition coefficient (Wildman–Crippen LogP) is 3.06. The van der Waals surface area contributed by atoms with Crippen molar-refractivity contribution in [1.82, 2.24) is 5.32 Å². The number of hydrogen-bond donors (Lipinski definition) is 1. The van der Waals surface area contributed by atoms with Gasteiger partial charge in [-0.3, -0.25) is 24.0 Å². The van der Waals surface area contributed by atoms with Crippen molar-refractivity contribution in [2.45, 2.75) is 116 Å². The second-order valence-corrected chi connectivity index (χ2v) is 16.3. The van der Waals surface area contributed by atoms with E-state index in [-0.39, 0.29) is 13.0 Å². The van der Waals surface area contributed by atoms with E-state index in [1.165, 1.54) is 0 Å². The van der Waals surface area contributed by atoms with E-state index in [0.717, 1.165) is 20.8 Å². The minimum absolute atomic E-state index is 0.0509. The van der Waals surface area contributed by atoms with Gasteiger partial charge in [0.15, 0.2) is 20.5 Å². The number of nitrogens with one attached hydrogen (secondary N) is 1. The molecule has 15 nitrogen and oxygen atoms in total. The van der Waals surface area contributed by atoms with Crippen molar-refractivity contribution in [1.29, 1.82) is 0 Å². The Kier molecular flexibility index (Phi) is 14.9. The summed E-state index contributed by atoms with van der Waals surface area (Å²) in [6, 6.07) is -1.37. The van der Waals surface area contributed by atoms with E-state index in [2.05, 4.69) is 56.9 Å². The fraction of sp³-hybridized carbons (Fsp3) is 0.808. The predicted molar refractivity (Wildman–Crippen MR) is 150 cm³/mol. The molecule has 1 saturated heterocycles. The maximum atomic E-state index is 12.7. The molecular weight excluding hydrogens is 572 g/mol. The number of rotatable bonds is 15. The van der Waals surface area contributed by atoms with Crippen molar-refractivity contribution in [3.63, 3.8) is 0 Å². The van der Waals surface area contributed by atoms with Crippen LogP contribution in [0.3, 0.4) is 0 Å². The minimum atomic E-state index is -2.21. The molecule has 1 N–H and O–H groups in total. The lowest BCUT2D eigenvalue weighted by atomic mass is 9.96.